The third-order valence-corrected chi connectivity index (χ3v) is 2.69. The van der Waals surface area contributed by atoms with Gasteiger partial charge in [0.1, 0.15) is 0 Å². The van der Waals surface area contributed by atoms with Gasteiger partial charge in [-0.05, 0) is 33.7 Å². The first-order valence-corrected chi connectivity index (χ1v) is 6.81. The Balaban J connectivity index is 0. The minimum atomic E-state index is 0. The van der Waals surface area contributed by atoms with E-state index in [2.05, 4.69) is 33.0 Å². The van der Waals surface area contributed by atoms with Gasteiger partial charge in [0.05, 0.1) is 0 Å². The average molecular weight is 250 g/mol. The predicted octanol–water partition coefficient (Wildman–Crippen LogP) is 4.94. The maximum absolute atomic E-state index is 3.53. The zero-order valence-corrected chi connectivity index (χ0v) is 12.6. The van der Waals surface area contributed by atoms with E-state index in [0.717, 1.165) is 0 Å². The summed E-state index contributed by atoms with van der Waals surface area (Å²) in [5, 5.41) is 3.53. The van der Waals surface area contributed by atoms with Crippen molar-refractivity contribution in [3.05, 3.63) is 0 Å². The Morgan fingerprint density at radius 3 is 1.62 bits per heavy atom. The minimum absolute atomic E-state index is 0. The fourth-order valence-electron chi connectivity index (χ4n) is 1.72. The quantitative estimate of drug-likeness (QED) is 0.571. The second-order valence-corrected chi connectivity index (χ2v) is 5.65. The first-order chi connectivity index (χ1) is 7.06. The molecule has 0 bridgehead atoms. The SMILES string of the molecule is CCCCCCCCCCNC(C)(C)C.Cl. The molecule has 0 spiro atoms. The molecule has 2 heteroatoms. The van der Waals surface area contributed by atoms with Crippen molar-refractivity contribution in [3.63, 3.8) is 0 Å². The molecule has 0 fully saturated rings. The molecule has 0 saturated heterocycles. The van der Waals surface area contributed by atoms with Crippen LogP contribution in [0.4, 0.5) is 0 Å². The topological polar surface area (TPSA) is 12.0 Å². The predicted molar refractivity (Wildman–Crippen MR) is 77.6 cm³/mol. The Hall–Kier alpha value is 0.250. The average Bonchev–Trinajstić information content (AvgIpc) is 2.14. The highest BCUT2D eigenvalue weighted by Gasteiger charge is 2.06. The van der Waals surface area contributed by atoms with Gasteiger partial charge in [0.15, 0.2) is 0 Å². The second-order valence-electron chi connectivity index (χ2n) is 5.65. The van der Waals surface area contributed by atoms with Gasteiger partial charge in [-0.1, -0.05) is 51.9 Å². The van der Waals surface area contributed by atoms with Gasteiger partial charge >= 0.3 is 0 Å². The van der Waals surface area contributed by atoms with E-state index in [1.807, 2.05) is 0 Å². The van der Waals surface area contributed by atoms with Gasteiger partial charge in [0.2, 0.25) is 0 Å². The van der Waals surface area contributed by atoms with Gasteiger partial charge in [-0.25, -0.2) is 0 Å². The Bertz CT molecular complexity index is 129. The van der Waals surface area contributed by atoms with E-state index in [9.17, 15) is 0 Å². The van der Waals surface area contributed by atoms with Crippen LogP contribution in [0.2, 0.25) is 0 Å². The van der Waals surface area contributed by atoms with Gasteiger partial charge in [-0.15, -0.1) is 12.4 Å². The lowest BCUT2D eigenvalue weighted by Gasteiger charge is -2.20. The summed E-state index contributed by atoms with van der Waals surface area (Å²) in [5.41, 5.74) is 0.293. The zero-order valence-electron chi connectivity index (χ0n) is 11.8. The summed E-state index contributed by atoms with van der Waals surface area (Å²) in [7, 11) is 0. The Labute approximate surface area is 109 Å². The molecule has 0 aliphatic heterocycles. The molecule has 0 saturated carbocycles. The van der Waals surface area contributed by atoms with Crippen LogP contribution in [-0.2, 0) is 0 Å². The fraction of sp³-hybridized carbons (Fsp3) is 1.00. The maximum atomic E-state index is 3.53. The van der Waals surface area contributed by atoms with E-state index in [1.165, 1.54) is 57.9 Å². The Morgan fingerprint density at radius 2 is 1.19 bits per heavy atom. The fourth-order valence-corrected chi connectivity index (χ4v) is 1.72. The number of rotatable bonds is 9. The molecule has 0 heterocycles. The minimum Gasteiger partial charge on any atom is -0.312 e. The molecule has 0 unspecified atom stereocenters. The molecule has 0 rings (SSSR count). The monoisotopic (exact) mass is 249 g/mol. The third-order valence-electron chi connectivity index (χ3n) is 2.69. The van der Waals surface area contributed by atoms with Crippen molar-refractivity contribution in [2.45, 2.75) is 84.6 Å². The normalized spacial score (nSPS) is 11.2. The second kappa shape index (κ2) is 11.7. The van der Waals surface area contributed by atoms with Crippen molar-refractivity contribution in [1.29, 1.82) is 0 Å². The van der Waals surface area contributed by atoms with Gasteiger partial charge in [0, 0.05) is 5.54 Å². The van der Waals surface area contributed by atoms with Crippen molar-refractivity contribution in [2.24, 2.45) is 0 Å². The van der Waals surface area contributed by atoms with Crippen LogP contribution >= 0.6 is 12.4 Å². The summed E-state index contributed by atoms with van der Waals surface area (Å²) in [6, 6.07) is 0. The molecular weight excluding hydrogens is 218 g/mol. The van der Waals surface area contributed by atoms with Crippen LogP contribution in [0, 0.1) is 0 Å². The largest absolute Gasteiger partial charge is 0.312 e. The molecule has 100 valence electrons. The molecule has 0 aliphatic carbocycles. The summed E-state index contributed by atoms with van der Waals surface area (Å²) in [6.45, 7) is 10.2. The number of unbranched alkanes of at least 4 members (excludes halogenated alkanes) is 7. The van der Waals surface area contributed by atoms with Crippen molar-refractivity contribution in [1.82, 2.24) is 5.32 Å². The van der Waals surface area contributed by atoms with E-state index < -0.39 is 0 Å². The summed E-state index contributed by atoms with van der Waals surface area (Å²) >= 11 is 0. The van der Waals surface area contributed by atoms with Crippen molar-refractivity contribution >= 4 is 12.4 Å². The van der Waals surface area contributed by atoms with Gasteiger partial charge in [-0.3, -0.25) is 0 Å². The third kappa shape index (κ3) is 16.7. The molecule has 1 nitrogen and oxygen atoms in total. The van der Waals surface area contributed by atoms with Crippen LogP contribution in [0.1, 0.15) is 79.1 Å². The van der Waals surface area contributed by atoms with Gasteiger partial charge in [-0.2, -0.15) is 0 Å². The molecule has 0 radical (unpaired) electrons. The summed E-state index contributed by atoms with van der Waals surface area (Å²) < 4.78 is 0. The maximum Gasteiger partial charge on any atom is 0.00965 e. The molecule has 0 amide bonds. The first-order valence-electron chi connectivity index (χ1n) is 6.81. The van der Waals surface area contributed by atoms with E-state index in [4.69, 9.17) is 0 Å². The van der Waals surface area contributed by atoms with Crippen LogP contribution in [0.5, 0.6) is 0 Å². The van der Waals surface area contributed by atoms with E-state index in [0.29, 0.717) is 5.54 Å². The Morgan fingerprint density at radius 1 is 0.750 bits per heavy atom. The summed E-state index contributed by atoms with van der Waals surface area (Å²) in [5.74, 6) is 0. The van der Waals surface area contributed by atoms with Crippen molar-refractivity contribution in [3.8, 4) is 0 Å². The first kappa shape index (κ1) is 18.6. The lowest BCUT2D eigenvalue weighted by molar-refractivity contribution is 0.415. The van der Waals surface area contributed by atoms with Crippen LogP contribution in [-0.4, -0.2) is 12.1 Å². The molecule has 0 aromatic heterocycles. The molecule has 16 heavy (non-hydrogen) atoms. The van der Waals surface area contributed by atoms with Crippen LogP contribution in [0.3, 0.4) is 0 Å². The smallest absolute Gasteiger partial charge is 0.00965 e. The van der Waals surface area contributed by atoms with E-state index in [-0.39, 0.29) is 12.4 Å². The lowest BCUT2D eigenvalue weighted by Crippen LogP contribution is -2.36. The Kier molecular flexibility index (Phi) is 13.6. The van der Waals surface area contributed by atoms with Gasteiger partial charge < -0.3 is 5.32 Å². The van der Waals surface area contributed by atoms with Crippen LogP contribution < -0.4 is 5.32 Å². The summed E-state index contributed by atoms with van der Waals surface area (Å²) in [6.07, 6.45) is 11.3. The van der Waals surface area contributed by atoms with E-state index >= 15 is 0 Å². The van der Waals surface area contributed by atoms with Crippen molar-refractivity contribution < 1.29 is 0 Å². The molecule has 1 N–H and O–H groups in total. The molecule has 0 atom stereocenters. The lowest BCUT2D eigenvalue weighted by atomic mass is 10.1. The molecule has 0 aromatic carbocycles. The molecule has 0 aromatic rings. The standard InChI is InChI=1S/C14H31N.ClH/c1-5-6-7-8-9-10-11-12-13-15-14(2,3)4;/h15H,5-13H2,1-4H3;1H. The molecular formula is C14H32ClN. The van der Waals surface area contributed by atoms with Crippen LogP contribution in [0.25, 0.3) is 0 Å². The number of hydrogen-bond donors (Lipinski definition) is 1. The highest BCUT2D eigenvalue weighted by Crippen LogP contribution is 2.08. The highest BCUT2D eigenvalue weighted by molar-refractivity contribution is 5.85. The summed E-state index contributed by atoms with van der Waals surface area (Å²) in [4.78, 5) is 0. The molecule has 0 aliphatic rings. The highest BCUT2D eigenvalue weighted by atomic mass is 35.5. The number of hydrogen-bond acceptors (Lipinski definition) is 1. The number of halogens is 1. The zero-order chi connectivity index (χ0) is 11.6. The number of nitrogens with one attached hydrogen (secondary N) is 1. The van der Waals surface area contributed by atoms with Crippen molar-refractivity contribution in [2.75, 3.05) is 6.54 Å². The van der Waals surface area contributed by atoms with Crippen LogP contribution in [0.15, 0.2) is 0 Å². The van der Waals surface area contributed by atoms with E-state index in [1.54, 1.807) is 0 Å². The van der Waals surface area contributed by atoms with Gasteiger partial charge in [0.25, 0.3) is 0 Å².